The molecule has 3 rings (SSSR count). The van der Waals surface area contributed by atoms with Gasteiger partial charge in [0.2, 0.25) is 5.16 Å². The van der Waals surface area contributed by atoms with E-state index < -0.39 is 0 Å². The topological polar surface area (TPSA) is 42.7 Å². The standard InChI is InChI=1S/C10H12N4S2/c1-6-7(2)16-10-12-11-9(14(10)13-6)8-4-3-5-15-8/h3-7,13H,1-2H3. The summed E-state index contributed by atoms with van der Waals surface area (Å²) in [5, 5.41) is 12.0. The first-order valence-electron chi connectivity index (χ1n) is 5.18. The Balaban J connectivity index is 2.05. The molecule has 16 heavy (non-hydrogen) atoms. The minimum absolute atomic E-state index is 0.423. The predicted octanol–water partition coefficient (Wildman–Crippen LogP) is 2.43. The van der Waals surface area contributed by atoms with E-state index in [1.54, 1.807) is 23.1 Å². The van der Waals surface area contributed by atoms with Crippen molar-refractivity contribution >= 4 is 23.1 Å². The molecule has 0 fully saturated rings. The SMILES string of the molecule is CC1Nn2c(nnc2-c2cccs2)SC1C. The van der Waals surface area contributed by atoms with Gasteiger partial charge in [-0.15, -0.1) is 21.5 Å². The molecule has 0 spiro atoms. The molecule has 1 N–H and O–H groups in total. The van der Waals surface area contributed by atoms with Crippen LogP contribution in [0.3, 0.4) is 0 Å². The fourth-order valence-electron chi connectivity index (χ4n) is 1.61. The first-order chi connectivity index (χ1) is 7.75. The molecule has 2 aromatic heterocycles. The number of aromatic nitrogens is 3. The van der Waals surface area contributed by atoms with E-state index in [-0.39, 0.29) is 0 Å². The van der Waals surface area contributed by atoms with Gasteiger partial charge in [-0.1, -0.05) is 24.8 Å². The second-order valence-electron chi connectivity index (χ2n) is 3.86. The van der Waals surface area contributed by atoms with Crippen LogP contribution in [0.2, 0.25) is 0 Å². The summed E-state index contributed by atoms with van der Waals surface area (Å²) in [5.74, 6) is 0.913. The molecule has 1 aliphatic rings. The van der Waals surface area contributed by atoms with Gasteiger partial charge >= 0.3 is 0 Å². The Morgan fingerprint density at radius 2 is 2.25 bits per heavy atom. The van der Waals surface area contributed by atoms with Crippen LogP contribution in [0.4, 0.5) is 0 Å². The lowest BCUT2D eigenvalue weighted by Gasteiger charge is -2.28. The normalized spacial score (nSPS) is 23.9. The Labute approximate surface area is 102 Å². The number of thioether (sulfide) groups is 1. The van der Waals surface area contributed by atoms with E-state index in [0.717, 1.165) is 15.9 Å². The van der Waals surface area contributed by atoms with Crippen molar-refractivity contribution in [1.29, 1.82) is 0 Å². The molecule has 0 bridgehead atoms. The monoisotopic (exact) mass is 252 g/mol. The minimum Gasteiger partial charge on any atom is -0.318 e. The highest BCUT2D eigenvalue weighted by Crippen LogP contribution is 2.32. The van der Waals surface area contributed by atoms with Gasteiger partial charge in [0.25, 0.3) is 0 Å². The molecule has 84 valence electrons. The van der Waals surface area contributed by atoms with Crippen molar-refractivity contribution in [1.82, 2.24) is 14.9 Å². The lowest BCUT2D eigenvalue weighted by molar-refractivity contribution is 0.618. The van der Waals surface area contributed by atoms with Gasteiger partial charge < -0.3 is 5.43 Å². The van der Waals surface area contributed by atoms with Crippen LogP contribution in [0.5, 0.6) is 0 Å². The first kappa shape index (κ1) is 10.2. The molecule has 0 aromatic carbocycles. The van der Waals surface area contributed by atoms with Gasteiger partial charge in [0.15, 0.2) is 5.82 Å². The number of thiophene rings is 1. The van der Waals surface area contributed by atoms with Crippen molar-refractivity contribution in [3.8, 4) is 10.7 Å². The van der Waals surface area contributed by atoms with Crippen LogP contribution in [0.25, 0.3) is 10.7 Å². The van der Waals surface area contributed by atoms with Crippen LogP contribution in [0, 0.1) is 0 Å². The van der Waals surface area contributed by atoms with Gasteiger partial charge in [0.1, 0.15) is 0 Å². The van der Waals surface area contributed by atoms with E-state index in [4.69, 9.17) is 0 Å². The molecule has 1 aliphatic heterocycles. The molecule has 0 aliphatic carbocycles. The van der Waals surface area contributed by atoms with Crippen LogP contribution in [0.15, 0.2) is 22.7 Å². The molecule has 0 radical (unpaired) electrons. The van der Waals surface area contributed by atoms with Gasteiger partial charge in [-0.2, -0.15) is 0 Å². The molecule has 6 heteroatoms. The summed E-state index contributed by atoms with van der Waals surface area (Å²) in [7, 11) is 0. The molecule has 0 saturated carbocycles. The molecule has 2 unspecified atom stereocenters. The maximum atomic E-state index is 4.25. The van der Waals surface area contributed by atoms with Crippen molar-refractivity contribution in [3.63, 3.8) is 0 Å². The largest absolute Gasteiger partial charge is 0.318 e. The molecule has 3 heterocycles. The molecule has 0 saturated heterocycles. The third-order valence-corrected chi connectivity index (χ3v) is 4.82. The maximum Gasteiger partial charge on any atom is 0.210 e. The summed E-state index contributed by atoms with van der Waals surface area (Å²) in [6.45, 7) is 4.38. The number of fused-ring (bicyclic) bond motifs is 1. The van der Waals surface area contributed by atoms with Crippen molar-refractivity contribution in [3.05, 3.63) is 17.5 Å². The van der Waals surface area contributed by atoms with E-state index in [1.807, 2.05) is 10.7 Å². The van der Waals surface area contributed by atoms with Crippen molar-refractivity contribution in [2.45, 2.75) is 30.3 Å². The fraction of sp³-hybridized carbons (Fsp3) is 0.400. The van der Waals surface area contributed by atoms with Gasteiger partial charge in [-0.05, 0) is 18.4 Å². The fourth-order valence-corrected chi connectivity index (χ4v) is 3.23. The van der Waals surface area contributed by atoms with Crippen molar-refractivity contribution < 1.29 is 0 Å². The minimum atomic E-state index is 0.423. The molecule has 2 aromatic rings. The Bertz CT molecular complexity index is 491. The Morgan fingerprint density at radius 1 is 1.38 bits per heavy atom. The summed E-state index contributed by atoms with van der Waals surface area (Å²) in [6.07, 6.45) is 0. The summed E-state index contributed by atoms with van der Waals surface area (Å²) < 4.78 is 2.00. The highest BCUT2D eigenvalue weighted by atomic mass is 32.2. The molecular weight excluding hydrogens is 240 g/mol. The zero-order valence-corrected chi connectivity index (χ0v) is 10.7. The zero-order valence-electron chi connectivity index (χ0n) is 9.04. The number of nitrogens with zero attached hydrogens (tertiary/aromatic N) is 3. The summed E-state index contributed by atoms with van der Waals surface area (Å²) in [6, 6.07) is 4.52. The number of rotatable bonds is 1. The molecule has 4 nitrogen and oxygen atoms in total. The van der Waals surface area contributed by atoms with Gasteiger partial charge in [0, 0.05) is 5.25 Å². The van der Waals surface area contributed by atoms with E-state index in [0.29, 0.717) is 11.3 Å². The lowest BCUT2D eigenvalue weighted by atomic mass is 10.3. The predicted molar refractivity (Wildman–Crippen MR) is 67.5 cm³/mol. The maximum absolute atomic E-state index is 4.25. The Morgan fingerprint density at radius 3 is 3.00 bits per heavy atom. The Kier molecular flexibility index (Phi) is 2.40. The zero-order chi connectivity index (χ0) is 11.1. The Hall–Kier alpha value is -1.01. The van der Waals surface area contributed by atoms with Crippen molar-refractivity contribution in [2.24, 2.45) is 0 Å². The molecule has 0 amide bonds. The summed E-state index contributed by atoms with van der Waals surface area (Å²) in [4.78, 5) is 1.15. The quantitative estimate of drug-likeness (QED) is 0.846. The highest BCUT2D eigenvalue weighted by Gasteiger charge is 2.26. The van der Waals surface area contributed by atoms with Crippen LogP contribution in [-0.2, 0) is 0 Å². The van der Waals surface area contributed by atoms with E-state index in [1.165, 1.54) is 0 Å². The van der Waals surface area contributed by atoms with E-state index in [2.05, 4.69) is 40.9 Å². The number of nitrogens with one attached hydrogen (secondary N) is 1. The van der Waals surface area contributed by atoms with Crippen LogP contribution < -0.4 is 5.43 Å². The smallest absolute Gasteiger partial charge is 0.210 e. The number of hydrogen-bond donors (Lipinski definition) is 1. The van der Waals surface area contributed by atoms with Crippen LogP contribution >= 0.6 is 23.1 Å². The third-order valence-electron chi connectivity index (χ3n) is 2.70. The van der Waals surface area contributed by atoms with Gasteiger partial charge in [-0.3, -0.25) is 0 Å². The number of hydrogen-bond acceptors (Lipinski definition) is 5. The summed E-state index contributed by atoms with van der Waals surface area (Å²) in [5.41, 5.74) is 3.42. The highest BCUT2D eigenvalue weighted by molar-refractivity contribution is 7.99. The second kappa shape index (κ2) is 3.78. The average molecular weight is 252 g/mol. The summed E-state index contributed by atoms with van der Waals surface area (Å²) >= 11 is 3.45. The van der Waals surface area contributed by atoms with Gasteiger partial charge in [-0.25, -0.2) is 4.68 Å². The van der Waals surface area contributed by atoms with Crippen LogP contribution in [-0.4, -0.2) is 26.2 Å². The molecular formula is C10H12N4S2. The van der Waals surface area contributed by atoms with E-state index in [9.17, 15) is 0 Å². The lowest BCUT2D eigenvalue weighted by Crippen LogP contribution is -2.37. The first-order valence-corrected chi connectivity index (χ1v) is 6.94. The average Bonchev–Trinajstić information content (AvgIpc) is 2.87. The van der Waals surface area contributed by atoms with Crippen molar-refractivity contribution in [2.75, 3.05) is 5.43 Å². The van der Waals surface area contributed by atoms with Gasteiger partial charge in [0.05, 0.1) is 10.9 Å². The second-order valence-corrected chi connectivity index (χ2v) is 6.15. The third kappa shape index (κ3) is 1.53. The molecule has 2 atom stereocenters. The van der Waals surface area contributed by atoms with Crippen LogP contribution in [0.1, 0.15) is 13.8 Å². The van der Waals surface area contributed by atoms with E-state index >= 15 is 0 Å².